The van der Waals surface area contributed by atoms with Crippen molar-refractivity contribution in [1.82, 2.24) is 10.6 Å². The number of aliphatic carboxylic acids is 1. The van der Waals surface area contributed by atoms with E-state index in [9.17, 15) is 19.5 Å². The number of carbonyl (C=O) groups excluding carboxylic acids is 2. The van der Waals surface area contributed by atoms with Gasteiger partial charge in [-0.2, -0.15) is 0 Å². The van der Waals surface area contributed by atoms with E-state index in [1.54, 1.807) is 24.3 Å². The van der Waals surface area contributed by atoms with Crippen LogP contribution in [-0.4, -0.2) is 35.5 Å². The zero-order valence-electron chi connectivity index (χ0n) is 17.8. The first kappa shape index (κ1) is 24.0. The summed E-state index contributed by atoms with van der Waals surface area (Å²) in [6.45, 7) is 0.569. The van der Waals surface area contributed by atoms with Crippen LogP contribution in [0.2, 0.25) is 5.02 Å². The van der Waals surface area contributed by atoms with Crippen LogP contribution in [0.25, 0.3) is 11.1 Å². The van der Waals surface area contributed by atoms with Gasteiger partial charge in [0.1, 0.15) is 6.04 Å². The van der Waals surface area contributed by atoms with Crippen LogP contribution in [0.1, 0.15) is 21.5 Å². The zero-order valence-corrected chi connectivity index (χ0v) is 18.5. The minimum absolute atomic E-state index is 0.0871. The van der Waals surface area contributed by atoms with E-state index in [1.165, 1.54) is 0 Å². The average molecular weight is 466 g/mol. The van der Waals surface area contributed by atoms with E-state index in [2.05, 4.69) is 10.6 Å². The minimum atomic E-state index is -1.13. The van der Waals surface area contributed by atoms with Gasteiger partial charge in [-0.3, -0.25) is 9.59 Å². The zero-order chi connectivity index (χ0) is 23.8. The molecule has 0 fully saturated rings. The molecule has 0 saturated heterocycles. The standard InChI is InChI=1S/C25H24ClN3O4/c26-21-8-4-3-7-20(21)24(31)29-22(25(32)33)13-16-9-11-17(12-10-16)19-6-2-1-5-18(19)14-28-15-23(27)30/h1-12,22,28H,13-15H2,(H2,27,30)(H,29,31)(H,32,33)/t22-/m0/s1. The number of rotatable bonds is 10. The van der Waals surface area contributed by atoms with Crippen molar-refractivity contribution in [1.29, 1.82) is 0 Å². The molecule has 170 valence electrons. The van der Waals surface area contributed by atoms with E-state index in [0.717, 1.165) is 22.3 Å². The molecule has 0 aliphatic heterocycles. The van der Waals surface area contributed by atoms with Crippen LogP contribution in [0.3, 0.4) is 0 Å². The van der Waals surface area contributed by atoms with Crippen LogP contribution in [-0.2, 0) is 22.6 Å². The van der Waals surface area contributed by atoms with Crippen molar-refractivity contribution in [2.45, 2.75) is 19.0 Å². The van der Waals surface area contributed by atoms with Crippen molar-refractivity contribution in [3.8, 4) is 11.1 Å². The van der Waals surface area contributed by atoms with E-state index in [4.69, 9.17) is 17.3 Å². The van der Waals surface area contributed by atoms with Gasteiger partial charge in [0.2, 0.25) is 5.91 Å². The molecule has 0 aromatic heterocycles. The highest BCUT2D eigenvalue weighted by Gasteiger charge is 2.22. The first-order valence-electron chi connectivity index (χ1n) is 10.3. The number of carbonyl (C=O) groups is 3. The predicted molar refractivity (Wildman–Crippen MR) is 127 cm³/mol. The first-order chi connectivity index (χ1) is 15.8. The number of primary amides is 1. The summed E-state index contributed by atoms with van der Waals surface area (Å²) in [5.74, 6) is -2.10. The quantitative estimate of drug-likeness (QED) is 0.366. The fourth-order valence-electron chi connectivity index (χ4n) is 3.41. The third kappa shape index (κ3) is 6.65. The lowest BCUT2D eigenvalue weighted by Crippen LogP contribution is -2.42. The lowest BCUT2D eigenvalue weighted by molar-refractivity contribution is -0.139. The topological polar surface area (TPSA) is 122 Å². The summed E-state index contributed by atoms with van der Waals surface area (Å²) < 4.78 is 0. The van der Waals surface area contributed by atoms with Crippen molar-refractivity contribution >= 4 is 29.4 Å². The van der Waals surface area contributed by atoms with Gasteiger partial charge in [-0.15, -0.1) is 0 Å². The monoisotopic (exact) mass is 465 g/mol. The molecule has 0 saturated carbocycles. The van der Waals surface area contributed by atoms with Crippen molar-refractivity contribution in [2.24, 2.45) is 5.73 Å². The number of nitrogens with one attached hydrogen (secondary N) is 2. The van der Waals surface area contributed by atoms with Crippen molar-refractivity contribution < 1.29 is 19.5 Å². The second kappa shape index (κ2) is 11.3. The minimum Gasteiger partial charge on any atom is -0.480 e. The van der Waals surface area contributed by atoms with E-state index in [1.807, 2.05) is 48.5 Å². The van der Waals surface area contributed by atoms with Crippen LogP contribution in [0.5, 0.6) is 0 Å². The number of hydrogen-bond donors (Lipinski definition) is 4. The molecule has 0 aliphatic carbocycles. The number of carboxylic acid groups (broad SMARTS) is 1. The first-order valence-corrected chi connectivity index (χ1v) is 10.7. The SMILES string of the molecule is NC(=O)CNCc1ccccc1-c1ccc(C[C@H](NC(=O)c2ccccc2Cl)C(=O)O)cc1. The summed E-state index contributed by atoms with van der Waals surface area (Å²) in [5, 5.41) is 15.4. The summed E-state index contributed by atoms with van der Waals surface area (Å²) in [6, 6.07) is 20.6. The molecule has 0 bridgehead atoms. The number of carboxylic acids is 1. The van der Waals surface area contributed by atoms with Gasteiger partial charge in [-0.05, 0) is 34.4 Å². The molecule has 0 radical (unpaired) electrons. The van der Waals surface area contributed by atoms with E-state index in [-0.39, 0.29) is 23.6 Å². The Morgan fingerprint density at radius 1 is 0.939 bits per heavy atom. The van der Waals surface area contributed by atoms with Gasteiger partial charge < -0.3 is 21.5 Å². The molecule has 3 aromatic rings. The highest BCUT2D eigenvalue weighted by atomic mass is 35.5. The Kier molecular flexibility index (Phi) is 8.18. The fraction of sp³-hybridized carbons (Fsp3) is 0.160. The Morgan fingerprint density at radius 2 is 1.61 bits per heavy atom. The summed E-state index contributed by atoms with van der Waals surface area (Å²) in [7, 11) is 0. The van der Waals surface area contributed by atoms with E-state index in [0.29, 0.717) is 6.54 Å². The smallest absolute Gasteiger partial charge is 0.326 e. The molecule has 1 atom stereocenters. The summed E-state index contributed by atoms with van der Waals surface area (Å²) in [5.41, 5.74) is 9.10. The van der Waals surface area contributed by atoms with Gasteiger partial charge in [0.25, 0.3) is 5.91 Å². The van der Waals surface area contributed by atoms with Gasteiger partial charge in [0.05, 0.1) is 17.1 Å². The molecule has 5 N–H and O–H groups in total. The summed E-state index contributed by atoms with van der Waals surface area (Å²) in [6.07, 6.45) is 0.119. The summed E-state index contributed by atoms with van der Waals surface area (Å²) >= 11 is 6.04. The number of nitrogens with two attached hydrogens (primary N) is 1. The van der Waals surface area contributed by atoms with E-state index >= 15 is 0 Å². The lowest BCUT2D eigenvalue weighted by atomic mass is 9.97. The molecular weight excluding hydrogens is 442 g/mol. The molecule has 7 nitrogen and oxygen atoms in total. The maximum Gasteiger partial charge on any atom is 0.326 e. The molecule has 0 aliphatic rings. The fourth-order valence-corrected chi connectivity index (χ4v) is 3.64. The maximum atomic E-state index is 12.5. The van der Waals surface area contributed by atoms with Crippen LogP contribution < -0.4 is 16.4 Å². The number of amides is 2. The van der Waals surface area contributed by atoms with Crippen LogP contribution in [0, 0.1) is 0 Å². The Labute approximate surface area is 196 Å². The molecule has 0 unspecified atom stereocenters. The Morgan fingerprint density at radius 3 is 2.27 bits per heavy atom. The second-order valence-electron chi connectivity index (χ2n) is 7.47. The van der Waals surface area contributed by atoms with Gasteiger partial charge in [0.15, 0.2) is 0 Å². The van der Waals surface area contributed by atoms with Crippen molar-refractivity contribution in [2.75, 3.05) is 6.54 Å². The normalized spacial score (nSPS) is 11.5. The third-order valence-electron chi connectivity index (χ3n) is 5.06. The number of halogens is 1. The van der Waals surface area contributed by atoms with Crippen molar-refractivity contribution in [3.05, 3.63) is 94.5 Å². The highest BCUT2D eigenvalue weighted by molar-refractivity contribution is 6.33. The predicted octanol–water partition coefficient (Wildman–Crippen LogP) is 3.01. The largest absolute Gasteiger partial charge is 0.480 e. The Balaban J connectivity index is 1.72. The van der Waals surface area contributed by atoms with Crippen LogP contribution >= 0.6 is 11.6 Å². The molecule has 2 amide bonds. The van der Waals surface area contributed by atoms with Gasteiger partial charge in [0, 0.05) is 13.0 Å². The van der Waals surface area contributed by atoms with Crippen LogP contribution in [0.4, 0.5) is 0 Å². The average Bonchev–Trinajstić information content (AvgIpc) is 2.79. The molecule has 0 heterocycles. The lowest BCUT2D eigenvalue weighted by Gasteiger charge is -2.16. The number of benzene rings is 3. The highest BCUT2D eigenvalue weighted by Crippen LogP contribution is 2.24. The van der Waals surface area contributed by atoms with Gasteiger partial charge in [-0.1, -0.05) is 72.3 Å². The molecule has 3 aromatic carbocycles. The molecular formula is C25H24ClN3O4. The van der Waals surface area contributed by atoms with E-state index < -0.39 is 23.8 Å². The molecule has 3 rings (SSSR count). The van der Waals surface area contributed by atoms with Gasteiger partial charge >= 0.3 is 5.97 Å². The Hall–Kier alpha value is -3.68. The van der Waals surface area contributed by atoms with Crippen LogP contribution in [0.15, 0.2) is 72.8 Å². The Bertz CT molecular complexity index is 1150. The number of hydrogen-bond acceptors (Lipinski definition) is 4. The third-order valence-corrected chi connectivity index (χ3v) is 5.39. The second-order valence-corrected chi connectivity index (χ2v) is 7.88. The maximum absolute atomic E-state index is 12.5. The van der Waals surface area contributed by atoms with Crippen molar-refractivity contribution in [3.63, 3.8) is 0 Å². The molecule has 0 spiro atoms. The molecule has 33 heavy (non-hydrogen) atoms. The van der Waals surface area contributed by atoms with Gasteiger partial charge in [-0.25, -0.2) is 4.79 Å². The molecule has 8 heteroatoms. The summed E-state index contributed by atoms with van der Waals surface area (Å²) in [4.78, 5) is 35.2.